The molecule has 0 saturated carbocycles. The van der Waals surface area contributed by atoms with Gasteiger partial charge in [0.25, 0.3) is 5.91 Å². The average molecular weight is 403 g/mol. The molecule has 0 radical (unpaired) electrons. The van der Waals surface area contributed by atoms with Crippen LogP contribution >= 0.6 is 0 Å². The number of carbonyl (C=O) groups excluding carboxylic acids is 2. The minimum atomic E-state index is -0.706. The van der Waals surface area contributed by atoms with Crippen LogP contribution < -0.4 is 24.3 Å². The number of hydrogen-bond acceptors (Lipinski definition) is 7. The first kappa shape index (κ1) is 21.9. The van der Waals surface area contributed by atoms with E-state index in [0.717, 1.165) is 11.3 Å². The topological polar surface area (TPSA) is 92.3 Å². The fraction of sp³-hybridized carbons (Fsp3) is 0.333. The van der Waals surface area contributed by atoms with Crippen molar-refractivity contribution in [3.8, 4) is 23.0 Å². The van der Waals surface area contributed by atoms with E-state index in [0.29, 0.717) is 24.5 Å². The zero-order chi connectivity index (χ0) is 21.2. The van der Waals surface area contributed by atoms with Crippen molar-refractivity contribution in [2.24, 2.45) is 0 Å². The third-order valence-electron chi connectivity index (χ3n) is 4.17. The van der Waals surface area contributed by atoms with Gasteiger partial charge in [-0.1, -0.05) is 18.2 Å². The number of methoxy groups -OCH3 is 4. The molecule has 0 aliphatic carbocycles. The van der Waals surface area contributed by atoms with Gasteiger partial charge in [-0.15, -0.1) is 0 Å². The Bertz CT molecular complexity index is 851. The Morgan fingerprint density at radius 1 is 0.828 bits per heavy atom. The molecule has 0 bridgehead atoms. The fourth-order valence-corrected chi connectivity index (χ4v) is 2.69. The second-order valence-corrected chi connectivity index (χ2v) is 5.90. The number of benzene rings is 2. The van der Waals surface area contributed by atoms with Crippen LogP contribution in [0.15, 0.2) is 36.4 Å². The predicted molar refractivity (Wildman–Crippen MR) is 106 cm³/mol. The van der Waals surface area contributed by atoms with Crippen molar-refractivity contribution in [3.63, 3.8) is 0 Å². The van der Waals surface area contributed by atoms with E-state index in [1.807, 2.05) is 24.3 Å². The van der Waals surface area contributed by atoms with Gasteiger partial charge in [0.2, 0.25) is 0 Å². The smallest absolute Gasteiger partial charge is 0.342 e. The largest absolute Gasteiger partial charge is 0.496 e. The van der Waals surface area contributed by atoms with Crippen molar-refractivity contribution >= 4 is 11.9 Å². The molecule has 2 rings (SSSR count). The summed E-state index contributed by atoms with van der Waals surface area (Å²) in [7, 11) is 5.95. The number of amides is 1. The zero-order valence-corrected chi connectivity index (χ0v) is 16.9. The highest BCUT2D eigenvalue weighted by Crippen LogP contribution is 2.34. The molecule has 8 heteroatoms. The van der Waals surface area contributed by atoms with Gasteiger partial charge in [0.1, 0.15) is 17.1 Å². The van der Waals surface area contributed by atoms with Crippen LogP contribution in [0.4, 0.5) is 0 Å². The fourth-order valence-electron chi connectivity index (χ4n) is 2.69. The first-order chi connectivity index (χ1) is 14.0. The second kappa shape index (κ2) is 10.8. The van der Waals surface area contributed by atoms with Gasteiger partial charge in [-0.3, -0.25) is 4.79 Å². The van der Waals surface area contributed by atoms with E-state index in [4.69, 9.17) is 23.7 Å². The van der Waals surface area contributed by atoms with Gasteiger partial charge in [0.05, 0.1) is 28.4 Å². The Morgan fingerprint density at radius 2 is 1.45 bits per heavy atom. The molecule has 0 unspecified atom stereocenters. The summed E-state index contributed by atoms with van der Waals surface area (Å²) in [5.74, 6) is 0.657. The molecule has 2 aromatic rings. The number of esters is 1. The number of hydrogen-bond donors (Lipinski definition) is 1. The molecule has 0 aliphatic rings. The van der Waals surface area contributed by atoms with Crippen molar-refractivity contribution in [2.45, 2.75) is 6.42 Å². The maximum Gasteiger partial charge on any atom is 0.342 e. The zero-order valence-electron chi connectivity index (χ0n) is 16.9. The van der Waals surface area contributed by atoms with Gasteiger partial charge < -0.3 is 29.0 Å². The molecule has 0 atom stereocenters. The summed E-state index contributed by atoms with van der Waals surface area (Å²) in [6.07, 6.45) is 0.590. The minimum absolute atomic E-state index is 0.131. The molecular formula is C21H25NO7. The SMILES string of the molecule is COc1ccccc1CCNC(=O)COC(=O)c1cc(OC)c(OC)cc1OC. The Balaban J connectivity index is 1.90. The van der Waals surface area contributed by atoms with Crippen LogP contribution in [0.1, 0.15) is 15.9 Å². The van der Waals surface area contributed by atoms with E-state index < -0.39 is 18.5 Å². The monoisotopic (exact) mass is 403 g/mol. The standard InChI is InChI=1S/C21H25NO7/c1-25-16-8-6-5-7-14(16)9-10-22-20(23)13-29-21(24)15-11-18(27-3)19(28-4)12-17(15)26-2/h5-8,11-12H,9-10,13H2,1-4H3,(H,22,23). The van der Waals surface area contributed by atoms with Gasteiger partial charge in [0, 0.05) is 18.7 Å². The molecule has 0 aliphatic heterocycles. The molecule has 0 saturated heterocycles. The van der Waals surface area contributed by atoms with Crippen LogP contribution in [0.3, 0.4) is 0 Å². The lowest BCUT2D eigenvalue weighted by atomic mass is 10.1. The Labute approximate surface area is 169 Å². The first-order valence-corrected chi connectivity index (χ1v) is 8.89. The Morgan fingerprint density at radius 3 is 2.10 bits per heavy atom. The van der Waals surface area contributed by atoms with E-state index in [1.54, 1.807) is 7.11 Å². The number of rotatable bonds is 10. The van der Waals surface area contributed by atoms with E-state index in [9.17, 15) is 9.59 Å². The van der Waals surface area contributed by atoms with Gasteiger partial charge >= 0.3 is 5.97 Å². The molecular weight excluding hydrogens is 378 g/mol. The Kier molecular flexibility index (Phi) is 8.14. The van der Waals surface area contributed by atoms with Crippen molar-refractivity contribution in [1.29, 1.82) is 0 Å². The normalized spacial score (nSPS) is 10.1. The molecule has 8 nitrogen and oxygen atoms in total. The lowest BCUT2D eigenvalue weighted by Gasteiger charge is -2.13. The molecule has 0 heterocycles. The summed E-state index contributed by atoms with van der Waals surface area (Å²) in [5.41, 5.74) is 1.11. The van der Waals surface area contributed by atoms with E-state index in [1.165, 1.54) is 33.5 Å². The average Bonchev–Trinajstić information content (AvgIpc) is 2.76. The molecule has 156 valence electrons. The van der Waals surface area contributed by atoms with Gasteiger partial charge in [0.15, 0.2) is 18.1 Å². The molecule has 0 fully saturated rings. The highest BCUT2D eigenvalue weighted by molar-refractivity contribution is 5.95. The van der Waals surface area contributed by atoms with Crippen LogP contribution in [0.5, 0.6) is 23.0 Å². The molecule has 2 aromatic carbocycles. The summed E-state index contributed by atoms with van der Waals surface area (Å²) in [4.78, 5) is 24.4. The van der Waals surface area contributed by atoms with Gasteiger partial charge in [-0.2, -0.15) is 0 Å². The van der Waals surface area contributed by atoms with Crippen molar-refractivity contribution < 1.29 is 33.3 Å². The summed E-state index contributed by atoms with van der Waals surface area (Å²) >= 11 is 0. The van der Waals surface area contributed by atoms with Gasteiger partial charge in [-0.05, 0) is 18.1 Å². The minimum Gasteiger partial charge on any atom is -0.496 e. The second-order valence-electron chi connectivity index (χ2n) is 5.90. The lowest BCUT2D eigenvalue weighted by molar-refractivity contribution is -0.124. The van der Waals surface area contributed by atoms with Crippen molar-refractivity contribution in [3.05, 3.63) is 47.5 Å². The van der Waals surface area contributed by atoms with Crippen molar-refractivity contribution in [2.75, 3.05) is 41.6 Å². The van der Waals surface area contributed by atoms with Crippen LogP contribution in [0, 0.1) is 0 Å². The summed E-state index contributed by atoms with van der Waals surface area (Å²) in [6.45, 7) is -0.0291. The molecule has 0 aromatic heterocycles. The van der Waals surface area contributed by atoms with Crippen molar-refractivity contribution in [1.82, 2.24) is 5.32 Å². The first-order valence-electron chi connectivity index (χ1n) is 8.89. The van der Waals surface area contributed by atoms with Crippen LogP contribution in [0.25, 0.3) is 0 Å². The van der Waals surface area contributed by atoms with Gasteiger partial charge in [-0.25, -0.2) is 4.79 Å². The quantitative estimate of drug-likeness (QED) is 0.608. The highest BCUT2D eigenvalue weighted by atomic mass is 16.5. The van der Waals surface area contributed by atoms with Crippen LogP contribution in [-0.4, -0.2) is 53.5 Å². The number of ether oxygens (including phenoxy) is 5. The van der Waals surface area contributed by atoms with Crippen LogP contribution in [-0.2, 0) is 16.0 Å². The van der Waals surface area contributed by atoms with E-state index >= 15 is 0 Å². The van der Waals surface area contributed by atoms with E-state index in [-0.39, 0.29) is 11.3 Å². The lowest BCUT2D eigenvalue weighted by Crippen LogP contribution is -2.30. The predicted octanol–water partition coefficient (Wildman–Crippen LogP) is 2.24. The molecule has 1 N–H and O–H groups in total. The number of para-hydroxylation sites is 1. The molecule has 29 heavy (non-hydrogen) atoms. The summed E-state index contributed by atoms with van der Waals surface area (Å²) in [6, 6.07) is 10.5. The van der Waals surface area contributed by atoms with E-state index in [2.05, 4.69) is 5.32 Å². The summed E-state index contributed by atoms with van der Waals surface area (Å²) in [5, 5.41) is 2.71. The number of carbonyl (C=O) groups is 2. The third kappa shape index (κ3) is 5.78. The summed E-state index contributed by atoms with van der Waals surface area (Å²) < 4.78 is 25.9. The maximum absolute atomic E-state index is 12.4. The van der Waals surface area contributed by atoms with Crippen LogP contribution in [0.2, 0.25) is 0 Å². The molecule has 0 spiro atoms. The maximum atomic E-state index is 12.4. The highest BCUT2D eigenvalue weighted by Gasteiger charge is 2.19. The third-order valence-corrected chi connectivity index (χ3v) is 4.17. The molecule has 1 amide bonds. The number of nitrogens with one attached hydrogen (secondary N) is 1. The Hall–Kier alpha value is -3.42.